The summed E-state index contributed by atoms with van der Waals surface area (Å²) in [6, 6.07) is 9.55. The third-order valence-electron chi connectivity index (χ3n) is 3.76. The van der Waals surface area contributed by atoms with Gasteiger partial charge in [-0.1, -0.05) is 45.2 Å². The first-order valence-electron chi connectivity index (χ1n) is 7.12. The molecule has 0 radical (unpaired) electrons. The molecule has 2 heteroatoms. The molecule has 102 valence electrons. The number of hydrogen-bond acceptors (Lipinski definition) is 1. The molecule has 1 nitrogen and oxygen atoms in total. The third kappa shape index (κ3) is 5.27. The Hall–Kier alpha value is -0.0900. The zero-order valence-corrected chi connectivity index (χ0v) is 14.0. The molecular weight excluding hydrogens is 333 g/mol. The molecule has 0 saturated carbocycles. The Morgan fingerprint density at radius 2 is 1.83 bits per heavy atom. The Morgan fingerprint density at radius 3 is 2.33 bits per heavy atom. The lowest BCUT2D eigenvalue weighted by molar-refractivity contribution is 0.330. The van der Waals surface area contributed by atoms with Crippen LogP contribution in [0.2, 0.25) is 0 Å². The molecule has 1 aromatic rings. The summed E-state index contributed by atoms with van der Waals surface area (Å²) in [5.41, 5.74) is 1.45. The summed E-state index contributed by atoms with van der Waals surface area (Å²) in [7, 11) is 2.10. The van der Waals surface area contributed by atoms with Gasteiger partial charge in [-0.3, -0.25) is 0 Å². The van der Waals surface area contributed by atoms with Crippen molar-refractivity contribution in [3.05, 3.63) is 33.4 Å². The number of unbranched alkanes of at least 4 members (excludes halogenated alkanes) is 1. The zero-order valence-electron chi connectivity index (χ0n) is 11.9. The van der Waals surface area contributed by atoms with Gasteiger partial charge in [0.25, 0.3) is 0 Å². The monoisotopic (exact) mass is 359 g/mol. The van der Waals surface area contributed by atoms with Crippen LogP contribution in [0, 0.1) is 9.49 Å². The topological polar surface area (TPSA) is 12.0 Å². The van der Waals surface area contributed by atoms with E-state index >= 15 is 0 Å². The Bertz CT molecular complexity index is 320. The van der Waals surface area contributed by atoms with Gasteiger partial charge >= 0.3 is 0 Å². The second kappa shape index (κ2) is 8.92. The van der Waals surface area contributed by atoms with E-state index in [1.807, 2.05) is 0 Å². The van der Waals surface area contributed by atoms with Crippen LogP contribution in [0.4, 0.5) is 0 Å². The molecule has 0 amide bonds. The van der Waals surface area contributed by atoms with Crippen LogP contribution in [0.3, 0.4) is 0 Å². The van der Waals surface area contributed by atoms with Crippen molar-refractivity contribution in [2.45, 2.75) is 52.0 Å². The van der Waals surface area contributed by atoms with Gasteiger partial charge in [0.05, 0.1) is 0 Å². The zero-order chi connectivity index (χ0) is 13.4. The van der Waals surface area contributed by atoms with Crippen LogP contribution in [0.5, 0.6) is 0 Å². The van der Waals surface area contributed by atoms with Crippen LogP contribution in [-0.2, 0) is 6.42 Å². The highest BCUT2D eigenvalue weighted by molar-refractivity contribution is 14.1. The molecule has 2 atom stereocenters. The van der Waals surface area contributed by atoms with Crippen molar-refractivity contribution in [2.75, 3.05) is 7.05 Å². The van der Waals surface area contributed by atoms with Crippen molar-refractivity contribution in [3.8, 4) is 0 Å². The summed E-state index contributed by atoms with van der Waals surface area (Å²) in [6.45, 7) is 4.60. The van der Waals surface area contributed by atoms with Crippen molar-refractivity contribution < 1.29 is 0 Å². The minimum Gasteiger partial charge on any atom is -0.316 e. The van der Waals surface area contributed by atoms with Crippen LogP contribution in [0.1, 0.15) is 45.1 Å². The van der Waals surface area contributed by atoms with Crippen molar-refractivity contribution >= 4 is 22.6 Å². The van der Waals surface area contributed by atoms with Crippen LogP contribution in [0.25, 0.3) is 0 Å². The van der Waals surface area contributed by atoms with Gasteiger partial charge in [-0.25, -0.2) is 0 Å². The molecule has 0 aliphatic carbocycles. The maximum absolute atomic E-state index is 3.52. The molecule has 1 rings (SSSR count). The molecule has 18 heavy (non-hydrogen) atoms. The van der Waals surface area contributed by atoms with Gasteiger partial charge < -0.3 is 5.32 Å². The molecule has 2 unspecified atom stereocenters. The van der Waals surface area contributed by atoms with E-state index in [9.17, 15) is 0 Å². The predicted molar refractivity (Wildman–Crippen MR) is 89.0 cm³/mol. The maximum Gasteiger partial charge on any atom is 0.0133 e. The van der Waals surface area contributed by atoms with Crippen LogP contribution >= 0.6 is 22.6 Å². The number of benzene rings is 1. The lowest BCUT2D eigenvalue weighted by Gasteiger charge is -2.26. The molecule has 0 heterocycles. The van der Waals surface area contributed by atoms with E-state index in [-0.39, 0.29) is 0 Å². The minimum absolute atomic E-state index is 0.613. The number of likely N-dealkylation sites (N-methyl/N-ethyl adjacent to an activating group) is 1. The molecule has 0 spiro atoms. The number of nitrogens with one attached hydrogen (secondary N) is 1. The maximum atomic E-state index is 3.52. The highest BCUT2D eigenvalue weighted by atomic mass is 127. The van der Waals surface area contributed by atoms with E-state index in [1.165, 1.54) is 34.8 Å². The molecule has 0 aliphatic rings. The molecule has 1 N–H and O–H groups in total. The van der Waals surface area contributed by atoms with Gasteiger partial charge in [0.15, 0.2) is 0 Å². The summed E-state index contributed by atoms with van der Waals surface area (Å²) in [6.07, 6.45) is 6.42. The third-order valence-corrected chi connectivity index (χ3v) is 4.48. The van der Waals surface area contributed by atoms with Crippen molar-refractivity contribution in [1.29, 1.82) is 0 Å². The quantitative estimate of drug-likeness (QED) is 0.667. The fourth-order valence-corrected chi connectivity index (χ4v) is 2.89. The number of hydrogen-bond donors (Lipinski definition) is 1. The van der Waals surface area contributed by atoms with Gasteiger partial charge in [0.2, 0.25) is 0 Å². The highest BCUT2D eigenvalue weighted by Crippen LogP contribution is 2.20. The van der Waals surface area contributed by atoms with Gasteiger partial charge in [0.1, 0.15) is 0 Å². The first-order chi connectivity index (χ1) is 8.71. The van der Waals surface area contributed by atoms with E-state index in [4.69, 9.17) is 0 Å². The molecule has 0 saturated heterocycles. The molecule has 0 bridgehead atoms. The van der Waals surface area contributed by atoms with Gasteiger partial charge in [-0.15, -0.1) is 0 Å². The molecular formula is C16H26IN. The summed E-state index contributed by atoms with van der Waals surface area (Å²) in [5, 5.41) is 3.52. The summed E-state index contributed by atoms with van der Waals surface area (Å²) in [4.78, 5) is 0. The van der Waals surface area contributed by atoms with E-state index in [0.717, 1.165) is 12.3 Å². The second-order valence-corrected chi connectivity index (χ2v) is 6.28. The highest BCUT2D eigenvalue weighted by Gasteiger charge is 2.18. The van der Waals surface area contributed by atoms with Crippen molar-refractivity contribution in [3.63, 3.8) is 0 Å². The summed E-state index contributed by atoms with van der Waals surface area (Å²) < 4.78 is 1.32. The lowest BCUT2D eigenvalue weighted by atomic mass is 9.87. The summed E-state index contributed by atoms with van der Waals surface area (Å²) in [5.74, 6) is 0.800. The van der Waals surface area contributed by atoms with Crippen molar-refractivity contribution in [1.82, 2.24) is 5.32 Å². The Morgan fingerprint density at radius 1 is 1.17 bits per heavy atom. The van der Waals surface area contributed by atoms with Crippen molar-refractivity contribution in [2.24, 2.45) is 5.92 Å². The Labute approximate surface area is 126 Å². The standard InChI is InChI=1S/C16H26IN/c1-4-6-7-14(5-2)16(18-3)12-13-8-10-15(17)11-9-13/h8-11,14,16,18H,4-7,12H2,1-3H3. The van der Waals surface area contributed by atoms with Crippen LogP contribution < -0.4 is 5.32 Å². The van der Waals surface area contributed by atoms with E-state index < -0.39 is 0 Å². The first-order valence-corrected chi connectivity index (χ1v) is 8.20. The molecule has 0 aliphatic heterocycles. The fourth-order valence-electron chi connectivity index (χ4n) is 2.53. The van der Waals surface area contributed by atoms with Gasteiger partial charge in [0, 0.05) is 9.61 Å². The molecule has 0 fully saturated rings. The van der Waals surface area contributed by atoms with Gasteiger partial charge in [-0.2, -0.15) is 0 Å². The SMILES string of the molecule is CCCCC(CC)C(Cc1ccc(I)cc1)NC. The average molecular weight is 359 g/mol. The van der Waals surface area contributed by atoms with Gasteiger partial charge in [-0.05, 0) is 66.1 Å². The summed E-state index contributed by atoms with van der Waals surface area (Å²) >= 11 is 2.36. The lowest BCUT2D eigenvalue weighted by Crippen LogP contribution is -2.35. The van der Waals surface area contributed by atoms with E-state index in [1.54, 1.807) is 0 Å². The number of halogens is 1. The largest absolute Gasteiger partial charge is 0.316 e. The molecule has 0 aromatic heterocycles. The normalized spacial score (nSPS) is 14.4. The second-order valence-electron chi connectivity index (χ2n) is 5.04. The predicted octanol–water partition coefficient (Wildman–Crippen LogP) is 4.64. The van der Waals surface area contributed by atoms with E-state index in [0.29, 0.717) is 6.04 Å². The fraction of sp³-hybridized carbons (Fsp3) is 0.625. The number of rotatable bonds is 8. The Kier molecular flexibility index (Phi) is 7.91. The van der Waals surface area contributed by atoms with E-state index in [2.05, 4.69) is 73.1 Å². The average Bonchev–Trinajstić information content (AvgIpc) is 2.40. The van der Waals surface area contributed by atoms with Crippen LogP contribution in [-0.4, -0.2) is 13.1 Å². The Balaban J connectivity index is 2.61. The first kappa shape index (κ1) is 16.0. The molecule has 1 aromatic carbocycles. The van der Waals surface area contributed by atoms with Crippen LogP contribution in [0.15, 0.2) is 24.3 Å². The minimum atomic E-state index is 0.613. The smallest absolute Gasteiger partial charge is 0.0133 e.